The quantitative estimate of drug-likeness (QED) is 0.782. The monoisotopic (exact) mass is 216 g/mol. The van der Waals surface area contributed by atoms with E-state index in [2.05, 4.69) is 4.98 Å². The van der Waals surface area contributed by atoms with E-state index in [1.54, 1.807) is 12.5 Å². The summed E-state index contributed by atoms with van der Waals surface area (Å²) >= 11 is 0. The van der Waals surface area contributed by atoms with Crippen LogP contribution in [0, 0.1) is 0 Å². The Hall–Kier alpha value is -1.94. The van der Waals surface area contributed by atoms with E-state index in [0.717, 1.165) is 17.4 Å². The molecule has 1 aromatic carbocycles. The highest BCUT2D eigenvalue weighted by Crippen LogP contribution is 2.06. The minimum atomic E-state index is 0.0562. The molecule has 4 heteroatoms. The Morgan fingerprint density at radius 2 is 1.94 bits per heavy atom. The average Bonchev–Trinajstić information content (AvgIpc) is 2.78. The van der Waals surface area contributed by atoms with Gasteiger partial charge in [0.15, 0.2) is 6.29 Å². The van der Waals surface area contributed by atoms with Gasteiger partial charge in [-0.3, -0.25) is 4.79 Å². The molecule has 0 radical (unpaired) electrons. The van der Waals surface area contributed by atoms with Gasteiger partial charge in [0.1, 0.15) is 5.69 Å². The Labute approximate surface area is 93.2 Å². The number of benzene rings is 1. The van der Waals surface area contributed by atoms with Crippen LogP contribution in [0.2, 0.25) is 0 Å². The minimum Gasteiger partial charge on any atom is -0.392 e. The van der Waals surface area contributed by atoms with Crippen molar-refractivity contribution in [2.45, 2.75) is 13.2 Å². The summed E-state index contributed by atoms with van der Waals surface area (Å²) in [6.07, 6.45) is 4.06. The lowest BCUT2D eigenvalue weighted by Gasteiger charge is -2.03. The molecule has 16 heavy (non-hydrogen) atoms. The van der Waals surface area contributed by atoms with Crippen LogP contribution in [-0.4, -0.2) is 20.9 Å². The van der Waals surface area contributed by atoms with E-state index in [9.17, 15) is 4.79 Å². The molecule has 0 saturated heterocycles. The molecule has 2 aromatic rings. The van der Waals surface area contributed by atoms with Crippen molar-refractivity contribution in [2.75, 3.05) is 0 Å². The van der Waals surface area contributed by atoms with E-state index in [1.165, 1.54) is 0 Å². The fraction of sp³-hybridized carbons (Fsp3) is 0.167. The van der Waals surface area contributed by atoms with Gasteiger partial charge in [-0.05, 0) is 11.1 Å². The van der Waals surface area contributed by atoms with Gasteiger partial charge in [-0.2, -0.15) is 0 Å². The van der Waals surface area contributed by atoms with Crippen LogP contribution >= 0.6 is 0 Å². The second-order valence-corrected chi connectivity index (χ2v) is 3.56. The van der Waals surface area contributed by atoms with Crippen molar-refractivity contribution in [3.63, 3.8) is 0 Å². The number of aromatic nitrogens is 2. The van der Waals surface area contributed by atoms with E-state index in [-0.39, 0.29) is 6.61 Å². The first-order valence-electron chi connectivity index (χ1n) is 4.97. The number of carbonyl (C=O) groups is 1. The summed E-state index contributed by atoms with van der Waals surface area (Å²) < 4.78 is 1.84. The maximum absolute atomic E-state index is 10.5. The van der Waals surface area contributed by atoms with E-state index >= 15 is 0 Å². The van der Waals surface area contributed by atoms with Crippen LogP contribution in [0.5, 0.6) is 0 Å². The molecule has 1 heterocycles. The first-order chi connectivity index (χ1) is 7.81. The molecule has 0 aliphatic rings. The van der Waals surface area contributed by atoms with Gasteiger partial charge in [0.2, 0.25) is 0 Å². The molecule has 1 N–H and O–H groups in total. The van der Waals surface area contributed by atoms with Crippen LogP contribution in [0.4, 0.5) is 0 Å². The molecule has 0 amide bonds. The Morgan fingerprint density at radius 3 is 2.50 bits per heavy atom. The van der Waals surface area contributed by atoms with Crippen molar-refractivity contribution in [1.82, 2.24) is 9.55 Å². The third-order valence-electron chi connectivity index (χ3n) is 2.34. The molecule has 2 rings (SSSR count). The van der Waals surface area contributed by atoms with Crippen LogP contribution in [0.1, 0.15) is 21.6 Å². The second-order valence-electron chi connectivity index (χ2n) is 3.56. The van der Waals surface area contributed by atoms with Crippen molar-refractivity contribution in [1.29, 1.82) is 0 Å². The van der Waals surface area contributed by atoms with E-state index < -0.39 is 0 Å². The summed E-state index contributed by atoms with van der Waals surface area (Å²) in [5.74, 6) is 0. The van der Waals surface area contributed by atoms with Gasteiger partial charge in [0, 0.05) is 12.7 Å². The molecule has 0 aliphatic carbocycles. The number of carbonyl (C=O) groups excluding carboxylic acids is 1. The number of hydrogen-bond donors (Lipinski definition) is 1. The van der Waals surface area contributed by atoms with E-state index in [4.69, 9.17) is 5.11 Å². The Kier molecular flexibility index (Phi) is 3.12. The Bertz CT molecular complexity index is 474. The average molecular weight is 216 g/mol. The van der Waals surface area contributed by atoms with Gasteiger partial charge in [0.25, 0.3) is 0 Å². The van der Waals surface area contributed by atoms with Crippen LogP contribution in [0.3, 0.4) is 0 Å². The first-order valence-corrected chi connectivity index (χ1v) is 4.97. The summed E-state index contributed by atoms with van der Waals surface area (Å²) in [6.45, 7) is 0.729. The summed E-state index contributed by atoms with van der Waals surface area (Å²) in [5, 5.41) is 8.90. The van der Waals surface area contributed by atoms with Crippen LogP contribution in [0.25, 0.3) is 0 Å². The number of hydrogen-bond acceptors (Lipinski definition) is 3. The Balaban J connectivity index is 2.10. The number of imidazole rings is 1. The number of rotatable bonds is 4. The maximum atomic E-state index is 10.5. The van der Waals surface area contributed by atoms with Gasteiger partial charge in [-0.25, -0.2) is 4.98 Å². The third kappa shape index (κ3) is 2.35. The highest BCUT2D eigenvalue weighted by atomic mass is 16.3. The zero-order chi connectivity index (χ0) is 11.4. The first kappa shape index (κ1) is 10.6. The van der Waals surface area contributed by atoms with Crippen LogP contribution < -0.4 is 0 Å². The topological polar surface area (TPSA) is 55.1 Å². The van der Waals surface area contributed by atoms with Crippen molar-refractivity contribution in [3.8, 4) is 0 Å². The molecule has 0 saturated carbocycles. The highest BCUT2D eigenvalue weighted by molar-refractivity contribution is 5.70. The van der Waals surface area contributed by atoms with Crippen molar-refractivity contribution in [3.05, 3.63) is 53.6 Å². The number of aldehydes is 1. The van der Waals surface area contributed by atoms with Gasteiger partial charge in [0.05, 0.1) is 12.9 Å². The third-order valence-corrected chi connectivity index (χ3v) is 2.34. The zero-order valence-electron chi connectivity index (χ0n) is 8.71. The summed E-state index contributed by atoms with van der Waals surface area (Å²) in [6, 6.07) is 7.66. The van der Waals surface area contributed by atoms with Crippen molar-refractivity contribution >= 4 is 6.29 Å². The summed E-state index contributed by atoms with van der Waals surface area (Å²) in [5.41, 5.74) is 2.43. The molecule has 1 aromatic heterocycles. The number of aliphatic hydroxyl groups is 1. The molecule has 0 aliphatic heterocycles. The largest absolute Gasteiger partial charge is 0.392 e. The van der Waals surface area contributed by atoms with Gasteiger partial charge in [-0.15, -0.1) is 0 Å². The minimum absolute atomic E-state index is 0.0562. The SMILES string of the molecule is O=Cc1cn(Cc2ccc(CO)cc2)cn1. The lowest BCUT2D eigenvalue weighted by atomic mass is 10.1. The normalized spacial score (nSPS) is 10.3. The number of aliphatic hydroxyl groups excluding tert-OH is 1. The molecule has 0 bridgehead atoms. The predicted molar refractivity (Wildman–Crippen MR) is 59.1 cm³/mol. The molecular weight excluding hydrogens is 204 g/mol. The van der Waals surface area contributed by atoms with E-state index in [0.29, 0.717) is 12.2 Å². The van der Waals surface area contributed by atoms with Crippen LogP contribution in [0.15, 0.2) is 36.8 Å². The molecule has 0 fully saturated rings. The van der Waals surface area contributed by atoms with Crippen molar-refractivity contribution < 1.29 is 9.90 Å². The second kappa shape index (κ2) is 4.72. The molecular formula is C12H12N2O2. The molecule has 82 valence electrons. The molecule has 0 unspecified atom stereocenters. The van der Waals surface area contributed by atoms with Crippen LogP contribution in [-0.2, 0) is 13.2 Å². The lowest BCUT2D eigenvalue weighted by Crippen LogP contribution is -1.96. The zero-order valence-corrected chi connectivity index (χ0v) is 8.71. The molecule has 0 spiro atoms. The highest BCUT2D eigenvalue weighted by Gasteiger charge is 1.98. The standard InChI is InChI=1S/C12H12N2O2/c15-7-11-3-1-10(2-4-11)5-14-6-12(8-16)13-9-14/h1-4,6,8-9,15H,5,7H2. The van der Waals surface area contributed by atoms with E-state index in [1.807, 2.05) is 28.8 Å². The van der Waals surface area contributed by atoms with Crippen molar-refractivity contribution in [2.24, 2.45) is 0 Å². The lowest BCUT2D eigenvalue weighted by molar-refractivity contribution is 0.111. The fourth-order valence-electron chi connectivity index (χ4n) is 1.49. The molecule has 4 nitrogen and oxygen atoms in total. The van der Waals surface area contributed by atoms with Gasteiger partial charge in [-0.1, -0.05) is 24.3 Å². The number of nitrogens with zero attached hydrogens (tertiary/aromatic N) is 2. The fourth-order valence-corrected chi connectivity index (χ4v) is 1.49. The smallest absolute Gasteiger partial charge is 0.169 e. The van der Waals surface area contributed by atoms with Gasteiger partial charge >= 0.3 is 0 Å². The predicted octanol–water partition coefficient (Wildman–Crippen LogP) is 1.24. The Morgan fingerprint density at radius 1 is 1.25 bits per heavy atom. The molecule has 0 atom stereocenters. The van der Waals surface area contributed by atoms with Gasteiger partial charge < -0.3 is 9.67 Å². The maximum Gasteiger partial charge on any atom is 0.169 e. The summed E-state index contributed by atoms with van der Waals surface area (Å²) in [4.78, 5) is 14.4. The summed E-state index contributed by atoms with van der Waals surface area (Å²) in [7, 11) is 0.